The minimum atomic E-state index is -1.15. The zero-order valence-corrected chi connectivity index (χ0v) is 84.1. The lowest BCUT2D eigenvalue weighted by atomic mass is 9.94. The van der Waals surface area contributed by atoms with Gasteiger partial charge in [0.05, 0.1) is 13.2 Å². The molecule has 2 N–H and O–H groups in total. The van der Waals surface area contributed by atoms with Gasteiger partial charge in [0.15, 0.2) is 10.7 Å². The molecule has 0 saturated carbocycles. The second-order valence-corrected chi connectivity index (χ2v) is 41.2. The van der Waals surface area contributed by atoms with Crippen LogP contribution in [-0.2, 0) is 40.7 Å². The Kier molecular flexibility index (Phi) is 159. The van der Waals surface area contributed by atoms with Gasteiger partial charge in [0, 0.05) is 0 Å². The van der Waals surface area contributed by atoms with E-state index in [2.05, 4.69) is 237 Å². The third kappa shape index (κ3) is 115. The highest BCUT2D eigenvalue weighted by molar-refractivity contribution is 8.28. The number of aliphatic hydroxyl groups is 2. The first-order valence-electron chi connectivity index (χ1n) is 49.5. The number of unbranched alkanes of at least 4 members (excludes halogenated alkanes) is 38. The number of fused-ring (bicyclic) bond motifs is 1. The van der Waals surface area contributed by atoms with E-state index in [9.17, 15) is 14.9 Å². The predicted molar refractivity (Wildman–Crippen MR) is 628 cm³/mol. The summed E-state index contributed by atoms with van der Waals surface area (Å²) in [6, 6.07) is 49.0. The molecule has 0 amide bonds. The number of hydrogen-bond donors (Lipinski definition) is 2. The Morgan fingerprint density at radius 3 is 0.714 bits per heavy atom. The number of aryl methyl sites for hydroxylation is 5. The number of rotatable bonds is 59. The summed E-state index contributed by atoms with van der Waals surface area (Å²) in [5.41, 5.74) is 9.54. The van der Waals surface area contributed by atoms with Gasteiger partial charge in [-0.15, -0.1) is 9.81 Å². The smallest absolute Gasteiger partial charge is 0.166 e. The molecule has 0 aromatic heterocycles. The van der Waals surface area contributed by atoms with Gasteiger partial charge in [-0.05, 0) is 158 Å². The van der Waals surface area contributed by atoms with Crippen LogP contribution in [0.4, 0.5) is 0 Å². The summed E-state index contributed by atoms with van der Waals surface area (Å²) in [6.07, 6.45) is 81.2. The average Bonchev–Trinajstić information content (AvgIpc) is 0.849. The Bertz CT molecular complexity index is 2850. The minimum absolute atomic E-state index is 0. The van der Waals surface area contributed by atoms with E-state index < -0.39 is 20.6 Å². The van der Waals surface area contributed by atoms with Crippen LogP contribution in [0.5, 0.6) is 11.5 Å². The number of ether oxygens (including phenoxy) is 2. The maximum Gasteiger partial charge on any atom is 0.166 e. The third-order valence-electron chi connectivity index (χ3n) is 19.9. The molecule has 0 unspecified atom stereocenters. The molecule has 0 aliphatic heterocycles. The Morgan fingerprint density at radius 1 is 0.248 bits per heavy atom. The Labute approximate surface area is 841 Å². The maximum absolute atomic E-state index is 9.37. The Morgan fingerprint density at radius 2 is 0.459 bits per heavy atom. The van der Waals surface area contributed by atoms with Crippen molar-refractivity contribution in [3.8, 4) is 22.6 Å². The highest BCUT2D eigenvalue weighted by Gasteiger charge is 2.14. The fraction of sp³-hybridized carbons (Fsp3) is 0.719. The van der Waals surface area contributed by atoms with Crippen LogP contribution in [0.1, 0.15) is 509 Å². The van der Waals surface area contributed by atoms with Crippen LogP contribution in [-0.4, -0.2) is 74.2 Å². The van der Waals surface area contributed by atoms with Gasteiger partial charge in [0.2, 0.25) is 0 Å². The number of nitrogens with zero attached hydrogens (tertiary/aromatic N) is 2. The van der Waals surface area contributed by atoms with E-state index in [-0.39, 0.29) is 102 Å². The molecular formula is C121H242N2O8S2. The number of benzene rings is 6. The van der Waals surface area contributed by atoms with Crippen LogP contribution in [0, 0.1) is 9.81 Å². The molecule has 0 spiro atoms. The van der Waals surface area contributed by atoms with Crippen molar-refractivity contribution in [2.45, 2.75) is 513 Å². The summed E-state index contributed by atoms with van der Waals surface area (Å²) in [4.78, 5) is 18.7. The molecule has 6 aromatic rings. The lowest BCUT2D eigenvalue weighted by Crippen LogP contribution is -2.08. The molecule has 0 heterocycles. The maximum atomic E-state index is 9.37. The van der Waals surface area contributed by atoms with Gasteiger partial charge in [-0.3, -0.25) is 0 Å². The molecule has 10 nitrogen and oxygen atoms in total. The number of hydrogen-bond acceptors (Lipinski definition) is 10. The van der Waals surface area contributed by atoms with Gasteiger partial charge in [-0.25, -0.2) is 0 Å². The molecule has 0 atom stereocenters. The van der Waals surface area contributed by atoms with Crippen LogP contribution < -0.4 is 9.47 Å². The van der Waals surface area contributed by atoms with Crippen molar-refractivity contribution in [2.24, 2.45) is 10.7 Å². The van der Waals surface area contributed by atoms with E-state index >= 15 is 0 Å². The fourth-order valence-electron chi connectivity index (χ4n) is 13.3. The van der Waals surface area contributed by atoms with Gasteiger partial charge in [-0.2, -0.15) is 0 Å². The van der Waals surface area contributed by atoms with E-state index in [0.717, 1.165) is 30.8 Å². The van der Waals surface area contributed by atoms with E-state index in [1.165, 1.54) is 364 Å². The quantitative estimate of drug-likeness (QED) is 0.0219. The lowest BCUT2D eigenvalue weighted by molar-refractivity contribution is 0.199. The van der Waals surface area contributed by atoms with E-state index in [1.54, 1.807) is 0 Å². The van der Waals surface area contributed by atoms with Crippen LogP contribution >= 0.6 is 20.6 Å². The highest BCUT2D eigenvalue weighted by Crippen LogP contribution is 2.37. The molecule has 0 radical (unpaired) electrons. The monoisotopic (exact) mass is 1920 g/mol. The van der Waals surface area contributed by atoms with Crippen molar-refractivity contribution < 1.29 is 28.3 Å². The Balaban J connectivity index is -0.0000000853. The second-order valence-electron chi connectivity index (χ2n) is 34.0. The standard InChI is InChI=1S/C26H46O2.C23H40O2.2C13H28.C12H10.C10H8.2C3H9NO2S.2C3H8.12CH4/c1-3-5-7-9-11-13-15-17-24-19-20-26(28-22-21-27)25(23-24)18-16-14-12-10-8-6-4-2;1-4-7-10-13-20-18-21(14-11-8-5-2)23(25-17-16-24)22(19-20)15-12-9-6-3;2*1-3-5-7-9-11-13-12-10-8-6-4-2;1-3-7-11(8-4-1)12-9-5-2-6-10-12;1-2-6-10-8-4-3-7-9(10)5-1;2*1-7(2,3)6-4-5;2*1-3-2;;;;;;;;;;;;/h19-20,23,27H,3-18,21-22H2,1-2H3;18-19,24H,4-17H2,1-3H3;2*3-13H2,1-2H3;1-10H;1-8H;2*1-3H3;2*3H2,1-2H3;12*1H4. The summed E-state index contributed by atoms with van der Waals surface area (Å²) < 4.78 is 20.6. The molecule has 0 bridgehead atoms. The van der Waals surface area contributed by atoms with E-state index in [4.69, 9.17) is 14.6 Å². The molecule has 6 aromatic carbocycles. The summed E-state index contributed by atoms with van der Waals surface area (Å²) in [5, 5.41) is 25.5. The van der Waals surface area contributed by atoms with Crippen LogP contribution in [0.25, 0.3) is 21.9 Å². The molecular weight excluding hydrogens is 1670 g/mol. The lowest BCUT2D eigenvalue weighted by Gasteiger charge is -2.18. The van der Waals surface area contributed by atoms with Crippen molar-refractivity contribution in [3.63, 3.8) is 0 Å². The van der Waals surface area contributed by atoms with Crippen LogP contribution in [0.3, 0.4) is 0 Å². The summed E-state index contributed by atoms with van der Waals surface area (Å²) in [6.45, 7) is 29.9. The van der Waals surface area contributed by atoms with Crippen molar-refractivity contribution in [3.05, 3.63) is 177 Å². The summed E-state index contributed by atoms with van der Waals surface area (Å²) in [7, 11) is -2.31. The topological polar surface area (TPSA) is 136 Å². The molecule has 0 aliphatic carbocycles. The van der Waals surface area contributed by atoms with Gasteiger partial charge >= 0.3 is 0 Å². The minimum Gasteiger partial charge on any atom is -0.491 e. The van der Waals surface area contributed by atoms with Gasteiger partial charge in [-0.1, -0.05) is 603 Å². The zero-order chi connectivity index (χ0) is 90.5. The largest absolute Gasteiger partial charge is 0.491 e. The third-order valence-corrected chi connectivity index (χ3v) is 20.9. The van der Waals surface area contributed by atoms with E-state index in [0.29, 0.717) is 13.2 Å². The first-order chi connectivity index (χ1) is 58.8. The van der Waals surface area contributed by atoms with Crippen molar-refractivity contribution >= 4 is 31.4 Å². The van der Waals surface area contributed by atoms with Crippen molar-refractivity contribution in [2.75, 3.05) is 64.0 Å². The van der Waals surface area contributed by atoms with Crippen LogP contribution in [0.15, 0.2) is 150 Å². The molecule has 12 heteroatoms. The average molecular weight is 1920 g/mol. The number of aliphatic hydroxyl groups excluding tert-OH is 2. The predicted octanol–water partition coefficient (Wildman–Crippen LogP) is 43.8. The fourth-order valence-corrected chi connectivity index (χ4v) is 13.6. The van der Waals surface area contributed by atoms with E-state index in [1.807, 2.05) is 49.7 Å². The van der Waals surface area contributed by atoms with Crippen LogP contribution in [0.2, 0.25) is 0 Å². The van der Waals surface area contributed by atoms with Crippen molar-refractivity contribution in [1.29, 1.82) is 0 Å². The van der Waals surface area contributed by atoms with Gasteiger partial charge in [0.1, 0.15) is 24.7 Å². The summed E-state index contributed by atoms with van der Waals surface area (Å²) >= 11 is 0. The first kappa shape index (κ1) is 164. The summed E-state index contributed by atoms with van der Waals surface area (Å²) in [5.74, 6) is 2.05. The molecule has 0 saturated heterocycles. The zero-order valence-electron chi connectivity index (χ0n) is 82.4. The molecule has 133 heavy (non-hydrogen) atoms. The van der Waals surface area contributed by atoms with Gasteiger partial charge < -0.3 is 28.3 Å². The second kappa shape index (κ2) is 129. The molecule has 6 rings (SSSR count). The molecule has 0 fully saturated rings. The SMILES string of the molecule is C.C.C.C.C.C.C.C.C.C.C.C.CCC.CCC.CCCCCCCCCCCCC.CCCCCCCCCCCCC.CCCCCCCCCc1ccc(OCCO)c(CCCCCCCCC)c1.CCCCCc1cc(CCCCC)c(OCCO)c(CCCCC)c1.CS(C)(C)ON=O.CS(C)(C)ON=O.c1ccc(-c2ccccc2)cc1.c1ccc2ccccc2c1. The normalized spacial score (nSPS) is 9.75. The van der Waals surface area contributed by atoms with Crippen molar-refractivity contribution in [1.82, 2.24) is 0 Å². The molecule has 0 aliphatic rings. The highest BCUT2D eigenvalue weighted by atomic mass is 32.3. The molecule has 796 valence electrons. The Hall–Kier alpha value is -5.40. The van der Waals surface area contributed by atoms with Gasteiger partial charge in [0.25, 0.3) is 0 Å². The first-order valence-corrected chi connectivity index (χ1v) is 55.0.